The molecule has 1 nitrogen and oxygen atoms in total. The number of para-hydroxylation sites is 2. The highest BCUT2D eigenvalue weighted by Crippen LogP contribution is 2.52. The minimum atomic E-state index is -0.0835. The minimum Gasteiger partial charge on any atom is -0.309 e. The van der Waals surface area contributed by atoms with Gasteiger partial charge in [-0.05, 0) is 141 Å². The highest BCUT2D eigenvalue weighted by molar-refractivity contribution is 6.11. The number of benzene rings is 11. The molecule has 11 aromatic carbocycles. The molecule has 0 aromatic heterocycles. The molecule has 11 aromatic rings. The lowest BCUT2D eigenvalue weighted by molar-refractivity contribution is 0.569. The molecule has 0 saturated heterocycles. The third-order valence-corrected chi connectivity index (χ3v) is 15.8. The second kappa shape index (κ2) is 18.0. The zero-order chi connectivity index (χ0) is 50.9. The largest absolute Gasteiger partial charge is 0.309 e. The second-order valence-corrected chi connectivity index (χ2v) is 22.9. The summed E-state index contributed by atoms with van der Waals surface area (Å²) in [5.41, 5.74) is 23.4. The van der Waals surface area contributed by atoms with Gasteiger partial charge in [-0.1, -0.05) is 262 Å². The van der Waals surface area contributed by atoms with Crippen molar-refractivity contribution >= 4 is 38.6 Å². The van der Waals surface area contributed by atoms with Crippen molar-refractivity contribution in [1.29, 1.82) is 0 Å². The lowest BCUT2D eigenvalue weighted by Crippen LogP contribution is -2.16. The average Bonchev–Trinajstić information content (AvgIpc) is 3.66. The molecule has 0 aliphatic heterocycles. The van der Waals surface area contributed by atoms with Gasteiger partial charge in [-0.3, -0.25) is 0 Å². The molecule has 360 valence electrons. The molecule has 0 radical (unpaired) electrons. The summed E-state index contributed by atoms with van der Waals surface area (Å²) in [7, 11) is 0. The number of hydrogen-bond donors (Lipinski definition) is 0. The van der Waals surface area contributed by atoms with Crippen molar-refractivity contribution in [3.63, 3.8) is 0 Å². The number of anilines is 3. The van der Waals surface area contributed by atoms with Gasteiger partial charge in [-0.2, -0.15) is 0 Å². The van der Waals surface area contributed by atoms with E-state index in [9.17, 15) is 0 Å². The van der Waals surface area contributed by atoms with E-state index in [1.807, 2.05) is 0 Å². The van der Waals surface area contributed by atoms with Crippen LogP contribution in [0.3, 0.4) is 0 Å². The molecule has 0 spiro atoms. The summed E-state index contributed by atoms with van der Waals surface area (Å²) in [6.45, 7) is 18.7. The topological polar surface area (TPSA) is 3.24 Å². The molecule has 0 bridgehead atoms. The van der Waals surface area contributed by atoms with Crippen LogP contribution in [0.5, 0.6) is 0 Å². The van der Waals surface area contributed by atoms with Crippen LogP contribution in [0, 0.1) is 0 Å². The highest BCUT2D eigenvalue weighted by atomic mass is 15.1. The smallest absolute Gasteiger partial charge is 0.0540 e. The molecule has 0 amide bonds. The summed E-state index contributed by atoms with van der Waals surface area (Å²) in [5.74, 6) is 0. The van der Waals surface area contributed by atoms with E-state index in [2.05, 4.69) is 297 Å². The molecule has 0 N–H and O–H groups in total. The van der Waals surface area contributed by atoms with Gasteiger partial charge in [0.25, 0.3) is 0 Å². The number of fused-ring (bicyclic) bond motifs is 5. The van der Waals surface area contributed by atoms with Crippen molar-refractivity contribution in [3.05, 3.63) is 259 Å². The highest BCUT2D eigenvalue weighted by Gasteiger charge is 2.35. The molecule has 12 rings (SSSR count). The van der Waals surface area contributed by atoms with Gasteiger partial charge in [0.2, 0.25) is 0 Å². The van der Waals surface area contributed by atoms with Crippen molar-refractivity contribution in [3.8, 4) is 66.8 Å². The quantitative estimate of drug-likeness (QED) is 0.147. The fraction of sp³-hybridized carbons (Fsp3) is 0.151. The molecular formula is C73H63N. The van der Waals surface area contributed by atoms with E-state index < -0.39 is 0 Å². The summed E-state index contributed by atoms with van der Waals surface area (Å²) in [6.07, 6.45) is 0. The fourth-order valence-electron chi connectivity index (χ4n) is 11.8. The van der Waals surface area contributed by atoms with Crippen LogP contribution in [0.25, 0.3) is 88.3 Å². The van der Waals surface area contributed by atoms with E-state index in [0.717, 1.165) is 28.2 Å². The van der Waals surface area contributed by atoms with E-state index >= 15 is 0 Å². The van der Waals surface area contributed by atoms with Crippen LogP contribution in [-0.2, 0) is 16.2 Å². The van der Waals surface area contributed by atoms with Gasteiger partial charge in [-0.25, -0.2) is 0 Å². The number of nitrogens with zero attached hydrogens (tertiary/aromatic N) is 1. The SMILES string of the molecule is CC(C)(C)c1cc(-c2cccc3cccc(-c4ccccc4N(c4ccc(-c5ccc6c(c5)C(C)(C)c5ccccc5-6)cc4)c4ccccc4-c4cccc5cccc(-c6ccccc6)c45)c23)cc(C(C)(C)C)c1. The third-order valence-electron chi connectivity index (χ3n) is 15.8. The molecule has 0 unspecified atom stereocenters. The van der Waals surface area contributed by atoms with Crippen LogP contribution in [-0.4, -0.2) is 0 Å². The van der Waals surface area contributed by atoms with Crippen LogP contribution >= 0.6 is 0 Å². The zero-order valence-electron chi connectivity index (χ0n) is 44.0. The predicted octanol–water partition coefficient (Wildman–Crippen LogP) is 20.7. The van der Waals surface area contributed by atoms with Crippen LogP contribution in [0.2, 0.25) is 0 Å². The molecule has 1 aliphatic rings. The first-order chi connectivity index (χ1) is 35.7. The normalized spacial score (nSPS) is 13.0. The Balaban J connectivity index is 1.08. The predicted molar refractivity (Wildman–Crippen MR) is 318 cm³/mol. The van der Waals surface area contributed by atoms with Crippen LogP contribution in [0.1, 0.15) is 77.6 Å². The molecule has 1 heteroatoms. The van der Waals surface area contributed by atoms with Crippen molar-refractivity contribution < 1.29 is 0 Å². The van der Waals surface area contributed by atoms with Gasteiger partial charge in [0.1, 0.15) is 0 Å². The Labute approximate surface area is 438 Å². The van der Waals surface area contributed by atoms with Gasteiger partial charge in [-0.15, -0.1) is 0 Å². The molecule has 0 heterocycles. The van der Waals surface area contributed by atoms with Gasteiger partial charge < -0.3 is 4.90 Å². The standard InChI is InChI=1S/C73H63N/c1-71(2,3)54-44-53(45-55(47-54)72(4,5)6)58-32-19-25-51-27-21-34-64(70(51)58)62-30-14-17-37-68(62)74(56-41-38-48(39-42-56)52-40-43-60-59-28-12-15-35-65(59)73(7,8)66(60)46-52)67-36-16-13-29-61(67)63-33-20-26-50-24-18-31-57(69(50)63)49-22-10-9-11-23-49/h9-47H,1-8H3. The summed E-state index contributed by atoms with van der Waals surface area (Å²) in [4.78, 5) is 2.51. The van der Waals surface area contributed by atoms with Crippen LogP contribution in [0.15, 0.2) is 237 Å². The molecule has 1 aliphatic carbocycles. The Hall–Kier alpha value is -8.26. The van der Waals surface area contributed by atoms with E-state index in [-0.39, 0.29) is 16.2 Å². The molecule has 0 saturated carbocycles. The Bertz CT molecular complexity index is 3890. The monoisotopic (exact) mass is 953 g/mol. The molecule has 0 atom stereocenters. The lowest BCUT2D eigenvalue weighted by Gasteiger charge is -2.31. The molecular weight excluding hydrogens is 891 g/mol. The van der Waals surface area contributed by atoms with Crippen LogP contribution < -0.4 is 4.90 Å². The third kappa shape index (κ3) is 8.12. The Morgan fingerprint density at radius 1 is 0.297 bits per heavy atom. The maximum atomic E-state index is 2.51. The van der Waals surface area contributed by atoms with E-state index in [1.165, 1.54) is 99.4 Å². The maximum Gasteiger partial charge on any atom is 0.0540 e. The Kier molecular flexibility index (Phi) is 11.4. The van der Waals surface area contributed by atoms with E-state index in [4.69, 9.17) is 0 Å². The first-order valence-electron chi connectivity index (χ1n) is 26.3. The number of hydrogen-bond acceptors (Lipinski definition) is 1. The van der Waals surface area contributed by atoms with E-state index in [1.54, 1.807) is 0 Å². The minimum absolute atomic E-state index is 0.0195. The van der Waals surface area contributed by atoms with Crippen LogP contribution in [0.4, 0.5) is 17.1 Å². The Morgan fingerprint density at radius 3 is 1.27 bits per heavy atom. The molecule has 74 heavy (non-hydrogen) atoms. The first-order valence-corrected chi connectivity index (χ1v) is 26.3. The summed E-state index contributed by atoms with van der Waals surface area (Å²) < 4.78 is 0. The van der Waals surface area contributed by atoms with Crippen molar-refractivity contribution in [1.82, 2.24) is 0 Å². The zero-order valence-corrected chi connectivity index (χ0v) is 44.0. The first kappa shape index (κ1) is 46.8. The molecule has 0 fully saturated rings. The summed E-state index contributed by atoms with van der Waals surface area (Å²) in [6, 6.07) is 88.6. The summed E-state index contributed by atoms with van der Waals surface area (Å²) in [5, 5.41) is 4.92. The van der Waals surface area contributed by atoms with Crippen molar-refractivity contribution in [2.24, 2.45) is 0 Å². The van der Waals surface area contributed by atoms with Gasteiger partial charge in [0, 0.05) is 22.2 Å². The van der Waals surface area contributed by atoms with Gasteiger partial charge in [0.15, 0.2) is 0 Å². The second-order valence-electron chi connectivity index (χ2n) is 22.9. The maximum absolute atomic E-state index is 2.51. The van der Waals surface area contributed by atoms with Gasteiger partial charge >= 0.3 is 0 Å². The fourth-order valence-corrected chi connectivity index (χ4v) is 11.8. The summed E-state index contributed by atoms with van der Waals surface area (Å²) >= 11 is 0. The average molecular weight is 954 g/mol. The van der Waals surface area contributed by atoms with Crippen molar-refractivity contribution in [2.75, 3.05) is 4.90 Å². The van der Waals surface area contributed by atoms with Gasteiger partial charge in [0.05, 0.1) is 11.4 Å². The van der Waals surface area contributed by atoms with Crippen molar-refractivity contribution in [2.45, 2.75) is 71.6 Å². The number of rotatable bonds is 8. The Morgan fingerprint density at radius 2 is 0.730 bits per heavy atom. The lowest BCUT2D eigenvalue weighted by atomic mass is 9.78. The van der Waals surface area contributed by atoms with E-state index in [0.29, 0.717) is 0 Å².